The first kappa shape index (κ1) is 31.1. The van der Waals surface area contributed by atoms with E-state index in [0.29, 0.717) is 0 Å². The molecule has 187 valence electrons. The number of alkyl halides is 9. The van der Waals surface area contributed by atoms with Crippen LogP contribution < -0.4 is 0 Å². The Morgan fingerprint density at radius 3 is 0.839 bits per heavy atom. The Labute approximate surface area is 182 Å². The molecule has 0 spiro atoms. The second-order valence-electron chi connectivity index (χ2n) is 9.18. The van der Waals surface area contributed by atoms with Crippen LogP contribution >= 0.6 is 0 Å². The summed E-state index contributed by atoms with van der Waals surface area (Å²) in [4.78, 5) is 0. The summed E-state index contributed by atoms with van der Waals surface area (Å²) >= 11 is 0. The summed E-state index contributed by atoms with van der Waals surface area (Å²) in [5, 5.41) is 0. The van der Waals surface area contributed by atoms with E-state index in [1.54, 1.807) is 0 Å². The molecular weight excluding hydrogens is 511 g/mol. The molecule has 0 amide bonds. The maximum absolute atomic E-state index is 12.6. The third kappa shape index (κ3) is 18.3. The summed E-state index contributed by atoms with van der Waals surface area (Å²) < 4.78 is 131. The molecule has 3 nitrogen and oxygen atoms in total. The van der Waals surface area contributed by atoms with E-state index in [0.717, 1.165) is 0 Å². The van der Waals surface area contributed by atoms with Gasteiger partial charge in [0.1, 0.15) is 0 Å². The molecule has 0 unspecified atom stereocenters. The van der Waals surface area contributed by atoms with E-state index in [2.05, 4.69) is 0 Å². The smallest absolute Gasteiger partial charge is 0.414 e. The first-order valence-electron chi connectivity index (χ1n) is 9.55. The standard InChI is InChI=1S/C15H30F9O3Si4/c1-29(2,10-7-13(16,17)18)25-28(26-30(3,4)11-8-14(19,20)21)27-31(5,6)12-9-15(22,23)24/h7-12H2,1-6H3. The molecule has 0 aliphatic rings. The zero-order valence-electron chi connectivity index (χ0n) is 18.4. The molecule has 0 aromatic heterocycles. The van der Waals surface area contributed by atoms with Crippen molar-refractivity contribution in [1.82, 2.24) is 0 Å². The van der Waals surface area contributed by atoms with Crippen molar-refractivity contribution >= 4 is 34.5 Å². The van der Waals surface area contributed by atoms with Gasteiger partial charge >= 0.3 is 28.1 Å². The Balaban J connectivity index is 5.40. The van der Waals surface area contributed by atoms with Crippen molar-refractivity contribution in [2.75, 3.05) is 0 Å². The molecule has 0 aliphatic carbocycles. The number of hydrogen-bond acceptors (Lipinski definition) is 3. The largest absolute Gasteiger partial charge is 0.544 e. The number of halogens is 9. The second kappa shape index (κ2) is 11.0. The van der Waals surface area contributed by atoms with Gasteiger partial charge in [-0.15, -0.1) is 0 Å². The summed E-state index contributed by atoms with van der Waals surface area (Å²) in [7, 11) is -11.9. The van der Waals surface area contributed by atoms with Crippen molar-refractivity contribution in [3.05, 3.63) is 0 Å². The zero-order valence-corrected chi connectivity index (χ0v) is 22.4. The van der Waals surface area contributed by atoms with Crippen LogP contribution in [-0.4, -0.2) is 53.0 Å². The van der Waals surface area contributed by atoms with Gasteiger partial charge in [0.05, 0.1) is 0 Å². The Hall–Kier alpha value is 0.118. The topological polar surface area (TPSA) is 27.7 Å². The summed E-state index contributed by atoms with van der Waals surface area (Å²) in [6.45, 7) is 8.94. The maximum atomic E-state index is 12.6. The Morgan fingerprint density at radius 2 is 0.677 bits per heavy atom. The van der Waals surface area contributed by atoms with E-state index in [9.17, 15) is 39.5 Å². The van der Waals surface area contributed by atoms with Gasteiger partial charge in [-0.2, -0.15) is 39.5 Å². The summed E-state index contributed by atoms with van der Waals surface area (Å²) in [6, 6.07) is -0.981. The molecule has 0 heterocycles. The minimum Gasteiger partial charge on any atom is -0.414 e. The molecule has 0 bridgehead atoms. The van der Waals surface area contributed by atoms with E-state index >= 15 is 0 Å². The lowest BCUT2D eigenvalue weighted by Crippen LogP contribution is -2.52. The molecule has 31 heavy (non-hydrogen) atoms. The minimum atomic E-state index is -4.41. The molecule has 0 N–H and O–H groups in total. The van der Waals surface area contributed by atoms with E-state index in [1.165, 1.54) is 39.3 Å². The molecular formula is C15H30F9O3Si4. The van der Waals surface area contributed by atoms with Crippen molar-refractivity contribution in [2.45, 2.75) is 95.2 Å². The molecule has 0 saturated carbocycles. The maximum Gasteiger partial charge on any atom is 0.544 e. The average molecular weight is 542 g/mol. The van der Waals surface area contributed by atoms with Crippen molar-refractivity contribution in [1.29, 1.82) is 0 Å². The quantitative estimate of drug-likeness (QED) is 0.189. The van der Waals surface area contributed by atoms with Gasteiger partial charge in [0.2, 0.25) is 0 Å². The van der Waals surface area contributed by atoms with Gasteiger partial charge in [-0.3, -0.25) is 0 Å². The lowest BCUT2D eigenvalue weighted by molar-refractivity contribution is -0.131. The Bertz CT molecular complexity index is 473. The molecule has 0 fully saturated rings. The molecule has 0 saturated heterocycles. The van der Waals surface area contributed by atoms with E-state index < -0.39 is 72.3 Å². The van der Waals surface area contributed by atoms with Crippen LogP contribution in [0.2, 0.25) is 57.4 Å². The van der Waals surface area contributed by atoms with Gasteiger partial charge in [0.25, 0.3) is 0 Å². The zero-order chi connectivity index (χ0) is 24.9. The van der Waals surface area contributed by atoms with E-state index in [-0.39, 0.29) is 18.1 Å². The fourth-order valence-electron chi connectivity index (χ4n) is 2.22. The second-order valence-corrected chi connectivity index (χ2v) is 24.2. The minimum absolute atomic E-state index is 0.327. The Morgan fingerprint density at radius 1 is 0.484 bits per heavy atom. The highest BCUT2D eigenvalue weighted by Crippen LogP contribution is 2.32. The fraction of sp³-hybridized carbons (Fsp3) is 1.00. The van der Waals surface area contributed by atoms with Gasteiger partial charge in [-0.25, -0.2) is 0 Å². The van der Waals surface area contributed by atoms with Gasteiger partial charge in [0, 0.05) is 19.3 Å². The van der Waals surface area contributed by atoms with Gasteiger partial charge < -0.3 is 12.3 Å². The normalized spacial score (nSPS) is 15.1. The Kier molecular flexibility index (Phi) is 11.1. The fourth-order valence-corrected chi connectivity index (χ4v) is 13.1. The van der Waals surface area contributed by atoms with Crippen molar-refractivity contribution in [2.24, 2.45) is 0 Å². The van der Waals surface area contributed by atoms with Crippen LogP contribution in [0, 0.1) is 0 Å². The third-order valence-corrected chi connectivity index (χ3v) is 17.1. The number of hydrogen-bond donors (Lipinski definition) is 0. The molecule has 0 atom stereocenters. The van der Waals surface area contributed by atoms with Crippen LogP contribution in [0.1, 0.15) is 19.3 Å². The van der Waals surface area contributed by atoms with Crippen molar-refractivity contribution < 1.29 is 51.9 Å². The summed E-state index contributed by atoms with van der Waals surface area (Å²) in [5.74, 6) is 0. The molecule has 1 radical (unpaired) electrons. The first-order chi connectivity index (χ1) is 13.4. The predicted octanol–water partition coefficient (Wildman–Crippen LogP) is 7.49. The van der Waals surface area contributed by atoms with Crippen LogP contribution in [-0.2, 0) is 12.3 Å². The van der Waals surface area contributed by atoms with Crippen LogP contribution in [0.3, 0.4) is 0 Å². The lowest BCUT2D eigenvalue weighted by atomic mass is 10.5. The average Bonchev–Trinajstić information content (AvgIpc) is 2.46. The first-order valence-corrected chi connectivity index (χ1v) is 20.1. The predicted molar refractivity (Wildman–Crippen MR) is 108 cm³/mol. The van der Waals surface area contributed by atoms with Gasteiger partial charge in [-0.1, -0.05) is 0 Å². The molecule has 16 heteroatoms. The molecule has 0 aromatic carbocycles. The summed E-state index contributed by atoms with van der Waals surface area (Å²) in [5.41, 5.74) is 0. The molecule has 0 aliphatic heterocycles. The molecule has 0 aromatic rings. The lowest BCUT2D eigenvalue weighted by Gasteiger charge is -2.36. The monoisotopic (exact) mass is 541 g/mol. The van der Waals surface area contributed by atoms with Gasteiger partial charge in [-0.05, 0) is 57.4 Å². The highest BCUT2D eigenvalue weighted by molar-refractivity contribution is 6.84. The van der Waals surface area contributed by atoms with Crippen LogP contribution in [0.15, 0.2) is 0 Å². The van der Waals surface area contributed by atoms with Gasteiger partial charge in [0.15, 0.2) is 25.0 Å². The van der Waals surface area contributed by atoms with Crippen LogP contribution in [0.25, 0.3) is 0 Å². The third-order valence-electron chi connectivity index (χ3n) is 4.11. The van der Waals surface area contributed by atoms with E-state index in [4.69, 9.17) is 12.3 Å². The highest BCUT2D eigenvalue weighted by Gasteiger charge is 2.44. The van der Waals surface area contributed by atoms with Crippen molar-refractivity contribution in [3.8, 4) is 0 Å². The van der Waals surface area contributed by atoms with Crippen LogP contribution in [0.4, 0.5) is 39.5 Å². The highest BCUT2D eigenvalue weighted by atomic mass is 28.5. The molecule has 0 rings (SSSR count). The summed E-state index contributed by atoms with van der Waals surface area (Å²) in [6.07, 6.45) is -16.6. The van der Waals surface area contributed by atoms with E-state index in [1.807, 2.05) is 0 Å². The number of rotatable bonds is 12. The van der Waals surface area contributed by atoms with Crippen LogP contribution in [0.5, 0.6) is 0 Å². The van der Waals surface area contributed by atoms with Crippen molar-refractivity contribution in [3.63, 3.8) is 0 Å². The SMILES string of the molecule is C[Si](C)(CCC(F)(F)F)O[Si](O[Si](C)(C)CCC(F)(F)F)O[Si](C)(C)CCC(F)(F)F.